The highest BCUT2D eigenvalue weighted by molar-refractivity contribution is 5.98. The van der Waals surface area contributed by atoms with E-state index in [1.165, 1.54) is 5.56 Å². The molecule has 1 aromatic rings. The third-order valence-electron chi connectivity index (χ3n) is 3.67. The molecule has 0 aromatic heterocycles. The van der Waals surface area contributed by atoms with Crippen molar-refractivity contribution in [2.45, 2.75) is 25.3 Å². The van der Waals surface area contributed by atoms with Gasteiger partial charge in [0, 0.05) is 24.3 Å². The number of fused-ring (bicyclic) bond motifs is 1. The first-order chi connectivity index (χ1) is 9.24. The lowest BCUT2D eigenvalue weighted by molar-refractivity contribution is -0.124. The normalized spacial score (nSPS) is 21.3. The summed E-state index contributed by atoms with van der Waals surface area (Å²) < 4.78 is 0. The number of hydrogen-bond donors (Lipinski definition) is 3. The molecule has 3 rings (SSSR count). The van der Waals surface area contributed by atoms with Crippen molar-refractivity contribution in [3.63, 3.8) is 0 Å². The van der Waals surface area contributed by atoms with E-state index in [0.717, 1.165) is 25.1 Å². The maximum absolute atomic E-state index is 12.1. The maximum Gasteiger partial charge on any atom is 0.252 e. The van der Waals surface area contributed by atoms with E-state index in [4.69, 9.17) is 0 Å². The smallest absolute Gasteiger partial charge is 0.252 e. The van der Waals surface area contributed by atoms with Gasteiger partial charge in [0.15, 0.2) is 0 Å². The first-order valence-corrected chi connectivity index (χ1v) is 6.69. The van der Waals surface area contributed by atoms with Gasteiger partial charge in [0.1, 0.15) is 6.04 Å². The van der Waals surface area contributed by atoms with Crippen LogP contribution >= 0.6 is 0 Å². The van der Waals surface area contributed by atoms with E-state index in [-0.39, 0.29) is 11.8 Å². The molecule has 2 aliphatic rings. The van der Waals surface area contributed by atoms with Crippen LogP contribution in [0.15, 0.2) is 18.2 Å². The lowest BCUT2D eigenvalue weighted by Gasteiger charge is -2.22. The van der Waals surface area contributed by atoms with Gasteiger partial charge >= 0.3 is 0 Å². The third kappa shape index (κ3) is 2.41. The molecule has 5 heteroatoms. The molecule has 19 heavy (non-hydrogen) atoms. The molecule has 3 N–H and O–H groups in total. The summed E-state index contributed by atoms with van der Waals surface area (Å²) in [5.74, 6) is -0.266. The summed E-state index contributed by atoms with van der Waals surface area (Å²) in [5, 5.41) is 8.81. The van der Waals surface area contributed by atoms with Gasteiger partial charge in [-0.2, -0.15) is 0 Å². The van der Waals surface area contributed by atoms with E-state index in [2.05, 4.69) is 16.0 Å². The summed E-state index contributed by atoms with van der Waals surface area (Å²) >= 11 is 0. The Kier molecular flexibility index (Phi) is 3.11. The van der Waals surface area contributed by atoms with Crippen LogP contribution in [0.1, 0.15) is 28.8 Å². The second-order valence-electron chi connectivity index (χ2n) is 5.01. The van der Waals surface area contributed by atoms with Crippen LogP contribution in [-0.2, 0) is 11.2 Å². The number of benzene rings is 1. The van der Waals surface area contributed by atoms with Crippen LogP contribution in [-0.4, -0.2) is 30.9 Å². The topological polar surface area (TPSA) is 70.2 Å². The van der Waals surface area contributed by atoms with Crippen molar-refractivity contribution >= 4 is 17.5 Å². The predicted molar refractivity (Wildman–Crippen MR) is 72.1 cm³/mol. The monoisotopic (exact) mass is 259 g/mol. The van der Waals surface area contributed by atoms with Crippen molar-refractivity contribution in [2.75, 3.05) is 18.4 Å². The molecule has 2 heterocycles. The van der Waals surface area contributed by atoms with E-state index >= 15 is 0 Å². The van der Waals surface area contributed by atoms with E-state index < -0.39 is 6.04 Å². The highest BCUT2D eigenvalue weighted by Gasteiger charge is 2.24. The zero-order valence-electron chi connectivity index (χ0n) is 10.7. The SMILES string of the molecule is O=C(NC1CCCNC1=O)c1ccc2c(c1)NCC2. The highest BCUT2D eigenvalue weighted by atomic mass is 16.2. The Balaban J connectivity index is 1.71. The summed E-state index contributed by atoms with van der Waals surface area (Å²) in [6.07, 6.45) is 2.62. The van der Waals surface area contributed by atoms with Gasteiger partial charge in [-0.25, -0.2) is 0 Å². The molecule has 0 bridgehead atoms. The van der Waals surface area contributed by atoms with Crippen molar-refractivity contribution in [3.8, 4) is 0 Å². The minimum atomic E-state index is -0.400. The Bertz CT molecular complexity index is 527. The molecule has 2 amide bonds. The quantitative estimate of drug-likeness (QED) is 0.731. The molecule has 0 radical (unpaired) electrons. The van der Waals surface area contributed by atoms with E-state index in [9.17, 15) is 9.59 Å². The van der Waals surface area contributed by atoms with Gasteiger partial charge in [-0.1, -0.05) is 6.07 Å². The van der Waals surface area contributed by atoms with Crippen LogP contribution in [0.3, 0.4) is 0 Å². The summed E-state index contributed by atoms with van der Waals surface area (Å²) in [6, 6.07) is 5.26. The van der Waals surface area contributed by atoms with Gasteiger partial charge in [-0.3, -0.25) is 9.59 Å². The number of rotatable bonds is 2. The number of carbonyl (C=O) groups is 2. The Hall–Kier alpha value is -2.04. The Morgan fingerprint density at radius 3 is 3.00 bits per heavy atom. The van der Waals surface area contributed by atoms with Crippen LogP contribution in [0, 0.1) is 0 Å². The van der Waals surface area contributed by atoms with Crippen LogP contribution in [0.2, 0.25) is 0 Å². The number of hydrogen-bond acceptors (Lipinski definition) is 3. The molecule has 0 spiro atoms. The zero-order valence-corrected chi connectivity index (χ0v) is 10.7. The number of nitrogens with one attached hydrogen (secondary N) is 3. The predicted octanol–water partition coefficient (Wildman–Crippen LogP) is 0.663. The van der Waals surface area contributed by atoms with Gasteiger partial charge in [-0.15, -0.1) is 0 Å². The number of anilines is 1. The number of amides is 2. The average molecular weight is 259 g/mol. The molecule has 0 aliphatic carbocycles. The van der Waals surface area contributed by atoms with Crippen molar-refractivity contribution in [3.05, 3.63) is 29.3 Å². The Morgan fingerprint density at radius 2 is 2.16 bits per heavy atom. The minimum Gasteiger partial charge on any atom is -0.384 e. The number of carbonyl (C=O) groups excluding carboxylic acids is 2. The first-order valence-electron chi connectivity index (χ1n) is 6.69. The molecule has 1 unspecified atom stereocenters. The number of piperidine rings is 1. The lowest BCUT2D eigenvalue weighted by Crippen LogP contribution is -2.50. The van der Waals surface area contributed by atoms with Gasteiger partial charge in [-0.05, 0) is 37.0 Å². The molecular formula is C14H17N3O2. The largest absolute Gasteiger partial charge is 0.384 e. The van der Waals surface area contributed by atoms with Crippen LogP contribution in [0.25, 0.3) is 0 Å². The average Bonchev–Trinajstić information content (AvgIpc) is 2.88. The molecule has 5 nitrogen and oxygen atoms in total. The molecule has 1 aromatic carbocycles. The maximum atomic E-state index is 12.1. The highest BCUT2D eigenvalue weighted by Crippen LogP contribution is 2.23. The summed E-state index contributed by atoms with van der Waals surface area (Å²) in [4.78, 5) is 23.7. The first kappa shape index (κ1) is 12.0. The van der Waals surface area contributed by atoms with Crippen LogP contribution < -0.4 is 16.0 Å². The van der Waals surface area contributed by atoms with Crippen molar-refractivity contribution in [1.29, 1.82) is 0 Å². The van der Waals surface area contributed by atoms with Crippen molar-refractivity contribution in [1.82, 2.24) is 10.6 Å². The second kappa shape index (κ2) is 4.91. The molecule has 100 valence electrons. The molecule has 1 fully saturated rings. The fraction of sp³-hybridized carbons (Fsp3) is 0.429. The molecule has 1 saturated heterocycles. The Morgan fingerprint density at radius 1 is 1.26 bits per heavy atom. The van der Waals surface area contributed by atoms with Gasteiger partial charge in [0.25, 0.3) is 5.91 Å². The van der Waals surface area contributed by atoms with Gasteiger partial charge < -0.3 is 16.0 Å². The van der Waals surface area contributed by atoms with Gasteiger partial charge in [0.05, 0.1) is 0 Å². The van der Waals surface area contributed by atoms with E-state index in [1.807, 2.05) is 18.2 Å². The molecule has 2 aliphatic heterocycles. The van der Waals surface area contributed by atoms with E-state index in [0.29, 0.717) is 18.5 Å². The van der Waals surface area contributed by atoms with Crippen molar-refractivity contribution in [2.24, 2.45) is 0 Å². The fourth-order valence-electron chi connectivity index (χ4n) is 2.58. The summed E-state index contributed by atoms with van der Waals surface area (Å²) in [5.41, 5.74) is 2.87. The summed E-state index contributed by atoms with van der Waals surface area (Å²) in [6.45, 7) is 1.62. The van der Waals surface area contributed by atoms with Crippen LogP contribution in [0.5, 0.6) is 0 Å². The standard InChI is InChI=1S/C14H17N3O2/c18-13(17-11-2-1-6-16-14(11)19)10-4-3-9-5-7-15-12(9)8-10/h3-4,8,11,15H,1-2,5-7H2,(H,16,19)(H,17,18). The third-order valence-corrected chi connectivity index (χ3v) is 3.67. The Labute approximate surface area is 111 Å². The zero-order chi connectivity index (χ0) is 13.2. The van der Waals surface area contributed by atoms with E-state index in [1.54, 1.807) is 0 Å². The lowest BCUT2D eigenvalue weighted by atomic mass is 10.0. The van der Waals surface area contributed by atoms with Gasteiger partial charge in [0.2, 0.25) is 5.91 Å². The van der Waals surface area contributed by atoms with Crippen molar-refractivity contribution < 1.29 is 9.59 Å². The molecule has 0 saturated carbocycles. The molecule has 1 atom stereocenters. The summed E-state index contributed by atoms with van der Waals surface area (Å²) in [7, 11) is 0. The molecular weight excluding hydrogens is 242 g/mol. The fourth-order valence-corrected chi connectivity index (χ4v) is 2.58. The second-order valence-corrected chi connectivity index (χ2v) is 5.01. The van der Waals surface area contributed by atoms with Crippen LogP contribution in [0.4, 0.5) is 5.69 Å². The minimum absolute atomic E-state index is 0.0844.